The molecule has 1 aromatic carbocycles. The second-order valence-corrected chi connectivity index (χ2v) is 6.40. The number of benzene rings is 1. The zero-order valence-electron chi connectivity index (χ0n) is 15.0. The van der Waals surface area contributed by atoms with Crippen LogP contribution in [-0.4, -0.2) is 37.2 Å². The van der Waals surface area contributed by atoms with Crippen LogP contribution in [0.15, 0.2) is 61.1 Å². The van der Waals surface area contributed by atoms with Gasteiger partial charge in [-0.15, -0.1) is 0 Å². The molecule has 136 valence electrons. The van der Waals surface area contributed by atoms with Gasteiger partial charge < -0.3 is 20.0 Å². The fourth-order valence-corrected chi connectivity index (χ4v) is 2.96. The van der Waals surface area contributed by atoms with Gasteiger partial charge in [0.15, 0.2) is 0 Å². The van der Waals surface area contributed by atoms with E-state index >= 15 is 0 Å². The molecule has 0 bridgehead atoms. The smallest absolute Gasteiger partial charge is 0.274 e. The number of nitrogens with one attached hydrogen (secondary N) is 1. The first-order valence-corrected chi connectivity index (χ1v) is 8.66. The quantitative estimate of drug-likeness (QED) is 0.572. The Balaban J connectivity index is 1.50. The first-order valence-electron chi connectivity index (χ1n) is 8.66. The molecule has 0 spiro atoms. The zero-order valence-corrected chi connectivity index (χ0v) is 15.0. The average Bonchev–Trinajstić information content (AvgIpc) is 3.34. The molecule has 4 aromatic rings. The summed E-state index contributed by atoms with van der Waals surface area (Å²) in [6.07, 6.45) is 5.39. The Morgan fingerprint density at radius 3 is 2.78 bits per heavy atom. The van der Waals surface area contributed by atoms with Gasteiger partial charge in [0.05, 0.1) is 18.4 Å². The molecule has 0 saturated heterocycles. The molecule has 0 aliphatic rings. The number of carbonyl (C=O) groups excluding carboxylic acids is 1. The minimum Gasteiger partial charge on any atom is -0.341 e. The largest absolute Gasteiger partial charge is 0.341 e. The van der Waals surface area contributed by atoms with Crippen LogP contribution in [0.1, 0.15) is 21.9 Å². The van der Waals surface area contributed by atoms with Gasteiger partial charge in [-0.25, -0.2) is 9.97 Å². The monoisotopic (exact) mass is 360 g/mol. The molecule has 0 aliphatic carbocycles. The Morgan fingerprint density at radius 1 is 1.19 bits per heavy atom. The van der Waals surface area contributed by atoms with E-state index in [0.29, 0.717) is 24.4 Å². The van der Waals surface area contributed by atoms with Crippen molar-refractivity contribution in [1.29, 1.82) is 0 Å². The molecule has 4 rings (SSSR count). The number of H-pyrrole nitrogens is 1. The van der Waals surface area contributed by atoms with Crippen molar-refractivity contribution in [2.24, 2.45) is 5.73 Å². The Hall–Kier alpha value is -3.45. The van der Waals surface area contributed by atoms with Crippen LogP contribution >= 0.6 is 0 Å². The lowest BCUT2D eigenvalue weighted by molar-refractivity contribution is 0.0777. The molecule has 7 nitrogen and oxygen atoms in total. The maximum Gasteiger partial charge on any atom is 0.274 e. The van der Waals surface area contributed by atoms with E-state index in [1.165, 1.54) is 0 Å². The summed E-state index contributed by atoms with van der Waals surface area (Å²) in [5.74, 6) is 0.560. The molecule has 7 heteroatoms. The molecule has 3 heterocycles. The molecule has 0 radical (unpaired) electrons. The first-order chi connectivity index (χ1) is 13.1. The highest BCUT2D eigenvalue weighted by Crippen LogP contribution is 2.17. The average molecular weight is 360 g/mol. The number of aromatic amines is 1. The van der Waals surface area contributed by atoms with Crippen LogP contribution in [0.2, 0.25) is 0 Å². The Morgan fingerprint density at radius 2 is 2.00 bits per heavy atom. The number of hydrogen-bond acceptors (Lipinski definition) is 4. The number of hydrogen-bond donors (Lipinski definition) is 2. The SMILES string of the molecule is CN(Cc1ncc(-c2ccccc2)[nH]1)C(=O)c1cn2cc(CN)ccc2n1. The molecular formula is C20H20N6O. The molecule has 0 saturated carbocycles. The molecule has 3 aromatic heterocycles. The predicted molar refractivity (Wildman–Crippen MR) is 103 cm³/mol. The molecule has 1 amide bonds. The number of aromatic nitrogens is 4. The molecule has 27 heavy (non-hydrogen) atoms. The van der Waals surface area contributed by atoms with Crippen molar-refractivity contribution in [3.05, 3.63) is 78.1 Å². The number of rotatable bonds is 5. The van der Waals surface area contributed by atoms with Crippen LogP contribution in [0, 0.1) is 0 Å². The molecule has 0 fully saturated rings. The van der Waals surface area contributed by atoms with Crippen LogP contribution in [0.4, 0.5) is 0 Å². The lowest BCUT2D eigenvalue weighted by Crippen LogP contribution is -2.27. The van der Waals surface area contributed by atoms with Gasteiger partial charge in [0.1, 0.15) is 17.2 Å². The standard InChI is InChI=1S/C20H20N6O/c1-25(13-18-22-10-16(23-18)15-5-3-2-4-6-15)20(27)17-12-26-11-14(9-21)7-8-19(26)24-17/h2-8,10-12H,9,13,21H2,1H3,(H,22,23). The van der Waals surface area contributed by atoms with E-state index in [0.717, 1.165) is 22.6 Å². The number of carbonyl (C=O) groups is 1. The van der Waals surface area contributed by atoms with Crippen molar-refractivity contribution < 1.29 is 4.79 Å². The first kappa shape index (κ1) is 17.0. The maximum absolute atomic E-state index is 12.7. The summed E-state index contributed by atoms with van der Waals surface area (Å²) < 4.78 is 1.82. The fraction of sp³-hybridized carbons (Fsp3) is 0.150. The normalized spacial score (nSPS) is 11.0. The highest BCUT2D eigenvalue weighted by atomic mass is 16.2. The van der Waals surface area contributed by atoms with Gasteiger partial charge in [0, 0.05) is 26.0 Å². The van der Waals surface area contributed by atoms with Gasteiger partial charge in [-0.2, -0.15) is 0 Å². The summed E-state index contributed by atoms with van der Waals surface area (Å²) >= 11 is 0. The van der Waals surface area contributed by atoms with Gasteiger partial charge in [-0.05, 0) is 17.2 Å². The predicted octanol–water partition coefficient (Wildman–Crippen LogP) is 2.46. The maximum atomic E-state index is 12.7. The van der Waals surface area contributed by atoms with Gasteiger partial charge in [-0.3, -0.25) is 4.79 Å². The van der Waals surface area contributed by atoms with E-state index in [1.807, 2.05) is 53.1 Å². The summed E-state index contributed by atoms with van der Waals surface area (Å²) in [6, 6.07) is 13.7. The molecule has 0 atom stereocenters. The fourth-order valence-electron chi connectivity index (χ4n) is 2.96. The van der Waals surface area contributed by atoms with Crippen molar-refractivity contribution in [1.82, 2.24) is 24.3 Å². The van der Waals surface area contributed by atoms with E-state index in [1.54, 1.807) is 24.3 Å². The number of nitrogens with zero attached hydrogens (tertiary/aromatic N) is 4. The van der Waals surface area contributed by atoms with E-state index in [2.05, 4.69) is 15.0 Å². The van der Waals surface area contributed by atoms with Gasteiger partial charge in [0.2, 0.25) is 0 Å². The second kappa shape index (κ2) is 7.05. The third kappa shape index (κ3) is 3.45. The minimum atomic E-state index is -0.161. The van der Waals surface area contributed by atoms with E-state index in [9.17, 15) is 4.79 Å². The lowest BCUT2D eigenvalue weighted by Gasteiger charge is -2.13. The van der Waals surface area contributed by atoms with Crippen molar-refractivity contribution in [3.63, 3.8) is 0 Å². The molecule has 0 aliphatic heterocycles. The minimum absolute atomic E-state index is 0.161. The van der Waals surface area contributed by atoms with E-state index in [-0.39, 0.29) is 5.91 Å². The van der Waals surface area contributed by atoms with Crippen LogP contribution in [-0.2, 0) is 13.1 Å². The Bertz CT molecular complexity index is 1080. The van der Waals surface area contributed by atoms with Crippen LogP contribution in [0.3, 0.4) is 0 Å². The van der Waals surface area contributed by atoms with Gasteiger partial charge >= 0.3 is 0 Å². The zero-order chi connectivity index (χ0) is 18.8. The number of pyridine rings is 1. The summed E-state index contributed by atoms with van der Waals surface area (Å²) in [6.45, 7) is 0.813. The second-order valence-electron chi connectivity index (χ2n) is 6.40. The van der Waals surface area contributed by atoms with Crippen molar-refractivity contribution in [2.75, 3.05) is 7.05 Å². The highest BCUT2D eigenvalue weighted by Gasteiger charge is 2.17. The van der Waals surface area contributed by atoms with Crippen molar-refractivity contribution in [3.8, 4) is 11.3 Å². The summed E-state index contributed by atoms with van der Waals surface area (Å²) in [7, 11) is 1.74. The van der Waals surface area contributed by atoms with Crippen LogP contribution in [0.25, 0.3) is 16.9 Å². The third-order valence-electron chi connectivity index (χ3n) is 4.41. The van der Waals surface area contributed by atoms with Gasteiger partial charge in [-0.1, -0.05) is 36.4 Å². The Kier molecular flexibility index (Phi) is 4.43. The van der Waals surface area contributed by atoms with E-state index in [4.69, 9.17) is 5.73 Å². The molecule has 3 N–H and O–H groups in total. The van der Waals surface area contributed by atoms with Crippen molar-refractivity contribution >= 4 is 11.6 Å². The van der Waals surface area contributed by atoms with Crippen molar-refractivity contribution in [2.45, 2.75) is 13.1 Å². The van der Waals surface area contributed by atoms with Crippen LogP contribution < -0.4 is 5.73 Å². The topological polar surface area (TPSA) is 92.3 Å². The number of imidazole rings is 2. The summed E-state index contributed by atoms with van der Waals surface area (Å²) in [5.41, 5.74) is 9.74. The number of amides is 1. The summed E-state index contributed by atoms with van der Waals surface area (Å²) in [4.78, 5) is 26.4. The van der Waals surface area contributed by atoms with E-state index < -0.39 is 0 Å². The van der Waals surface area contributed by atoms with Crippen LogP contribution in [0.5, 0.6) is 0 Å². The number of fused-ring (bicyclic) bond motifs is 1. The Labute approximate surface area is 156 Å². The number of nitrogens with two attached hydrogens (primary N) is 1. The highest BCUT2D eigenvalue weighted by molar-refractivity contribution is 5.92. The lowest BCUT2D eigenvalue weighted by atomic mass is 10.2. The molecular weight excluding hydrogens is 340 g/mol. The molecule has 0 unspecified atom stereocenters. The summed E-state index contributed by atoms with van der Waals surface area (Å²) in [5, 5.41) is 0. The third-order valence-corrected chi connectivity index (χ3v) is 4.41. The van der Waals surface area contributed by atoms with Gasteiger partial charge in [0.25, 0.3) is 5.91 Å².